The largest absolute Gasteiger partial charge is 0.399 e. The highest BCUT2D eigenvalue weighted by Crippen LogP contribution is 2.11. The molecule has 3 N–H and O–H groups in total. The van der Waals surface area contributed by atoms with E-state index in [-0.39, 0.29) is 17.2 Å². The molecular formula is C13H18FN3O2. The van der Waals surface area contributed by atoms with Crippen LogP contribution in [-0.2, 0) is 4.79 Å². The summed E-state index contributed by atoms with van der Waals surface area (Å²) >= 11 is 0. The lowest BCUT2D eigenvalue weighted by molar-refractivity contribution is -0.131. The number of nitrogens with zero attached hydrogens (tertiary/aromatic N) is 1. The maximum Gasteiger partial charge on any atom is 0.252 e. The molecule has 1 atom stereocenters. The third-order valence-corrected chi connectivity index (χ3v) is 2.75. The van der Waals surface area contributed by atoms with Crippen LogP contribution >= 0.6 is 0 Å². The minimum atomic E-state index is -0.679. The van der Waals surface area contributed by atoms with Crippen molar-refractivity contribution in [3.8, 4) is 0 Å². The van der Waals surface area contributed by atoms with Crippen LogP contribution in [0.25, 0.3) is 0 Å². The fraction of sp³-hybridized carbons (Fsp3) is 0.385. The molecule has 0 saturated carbocycles. The molecular weight excluding hydrogens is 249 g/mol. The number of anilines is 1. The second kappa shape index (κ2) is 6.17. The Kier molecular flexibility index (Phi) is 4.86. The molecule has 1 unspecified atom stereocenters. The third-order valence-electron chi connectivity index (χ3n) is 2.75. The molecule has 0 aliphatic carbocycles. The van der Waals surface area contributed by atoms with E-state index in [4.69, 9.17) is 5.73 Å². The van der Waals surface area contributed by atoms with Crippen molar-refractivity contribution in [1.29, 1.82) is 0 Å². The lowest BCUT2D eigenvalue weighted by Gasteiger charge is -2.20. The number of halogens is 1. The zero-order valence-corrected chi connectivity index (χ0v) is 11.2. The number of amides is 2. The van der Waals surface area contributed by atoms with Crippen LogP contribution in [-0.4, -0.2) is 36.3 Å². The first-order chi connectivity index (χ1) is 8.85. The van der Waals surface area contributed by atoms with Crippen LogP contribution in [0.5, 0.6) is 0 Å². The number of likely N-dealkylation sites (N-methyl/N-ethyl adjacent to an activating group) is 1. The lowest BCUT2D eigenvalue weighted by Crippen LogP contribution is -2.45. The zero-order valence-electron chi connectivity index (χ0n) is 11.2. The summed E-state index contributed by atoms with van der Waals surface area (Å²) in [5, 5.41) is 2.51. The van der Waals surface area contributed by atoms with Crippen LogP contribution < -0.4 is 11.1 Å². The van der Waals surface area contributed by atoms with E-state index in [1.54, 1.807) is 14.0 Å². The fourth-order valence-electron chi connectivity index (χ4n) is 1.57. The summed E-state index contributed by atoms with van der Waals surface area (Å²) in [5.41, 5.74) is 5.72. The Balaban J connectivity index is 2.77. The standard InChI is InChI=1S/C13H18FN3O2/c1-4-17(3)13(19)8(2)16-12(18)9-5-10(14)7-11(15)6-9/h5-8H,4,15H2,1-3H3,(H,16,18). The quantitative estimate of drug-likeness (QED) is 0.799. The Morgan fingerprint density at radius 1 is 1.42 bits per heavy atom. The van der Waals surface area contributed by atoms with Gasteiger partial charge in [0.2, 0.25) is 5.91 Å². The van der Waals surface area contributed by atoms with Crippen molar-refractivity contribution in [3.05, 3.63) is 29.6 Å². The number of carbonyl (C=O) groups is 2. The molecule has 1 aromatic carbocycles. The molecule has 0 aliphatic rings. The number of nitrogens with two attached hydrogens (primary N) is 1. The van der Waals surface area contributed by atoms with Crippen molar-refractivity contribution in [2.75, 3.05) is 19.3 Å². The van der Waals surface area contributed by atoms with E-state index >= 15 is 0 Å². The summed E-state index contributed by atoms with van der Waals surface area (Å²) in [7, 11) is 1.64. The van der Waals surface area contributed by atoms with Gasteiger partial charge in [-0.25, -0.2) is 4.39 Å². The first-order valence-corrected chi connectivity index (χ1v) is 5.97. The van der Waals surface area contributed by atoms with Gasteiger partial charge in [-0.05, 0) is 32.0 Å². The Morgan fingerprint density at radius 2 is 2.05 bits per heavy atom. The number of rotatable bonds is 4. The van der Waals surface area contributed by atoms with Gasteiger partial charge in [-0.3, -0.25) is 9.59 Å². The molecule has 0 spiro atoms. The molecule has 19 heavy (non-hydrogen) atoms. The summed E-state index contributed by atoms with van der Waals surface area (Å²) < 4.78 is 13.1. The molecule has 0 heterocycles. The maximum absolute atomic E-state index is 13.1. The third kappa shape index (κ3) is 3.94. The molecule has 5 nitrogen and oxygen atoms in total. The molecule has 0 radical (unpaired) electrons. The van der Waals surface area contributed by atoms with Crippen LogP contribution in [0.1, 0.15) is 24.2 Å². The zero-order chi connectivity index (χ0) is 14.6. The van der Waals surface area contributed by atoms with E-state index in [2.05, 4.69) is 5.32 Å². The molecule has 0 saturated heterocycles. The van der Waals surface area contributed by atoms with Gasteiger partial charge >= 0.3 is 0 Å². The van der Waals surface area contributed by atoms with Crippen molar-refractivity contribution < 1.29 is 14.0 Å². The first kappa shape index (κ1) is 14.9. The monoisotopic (exact) mass is 267 g/mol. The molecule has 104 valence electrons. The number of nitrogens with one attached hydrogen (secondary N) is 1. The lowest BCUT2D eigenvalue weighted by atomic mass is 10.1. The van der Waals surface area contributed by atoms with E-state index in [1.165, 1.54) is 11.0 Å². The van der Waals surface area contributed by atoms with Gasteiger partial charge < -0.3 is 16.0 Å². The van der Waals surface area contributed by atoms with Crippen LogP contribution in [0, 0.1) is 5.82 Å². The number of carbonyl (C=O) groups excluding carboxylic acids is 2. The summed E-state index contributed by atoms with van der Waals surface area (Å²) in [6.07, 6.45) is 0. The Labute approximate surface area is 111 Å². The van der Waals surface area contributed by atoms with Gasteiger partial charge in [-0.1, -0.05) is 0 Å². The highest BCUT2D eigenvalue weighted by molar-refractivity contribution is 5.98. The van der Waals surface area contributed by atoms with Crippen molar-refractivity contribution in [2.24, 2.45) is 0 Å². The van der Waals surface area contributed by atoms with Crippen molar-refractivity contribution in [3.63, 3.8) is 0 Å². The fourth-order valence-corrected chi connectivity index (χ4v) is 1.57. The molecule has 0 bridgehead atoms. The summed E-state index contributed by atoms with van der Waals surface area (Å²) in [6, 6.07) is 2.88. The average molecular weight is 267 g/mol. The maximum atomic E-state index is 13.1. The van der Waals surface area contributed by atoms with Crippen LogP contribution in [0.3, 0.4) is 0 Å². The van der Waals surface area contributed by atoms with E-state index in [0.29, 0.717) is 6.54 Å². The van der Waals surface area contributed by atoms with Crippen LogP contribution in [0.2, 0.25) is 0 Å². The predicted octanol–water partition coefficient (Wildman–Crippen LogP) is 1.00. The van der Waals surface area contributed by atoms with Gasteiger partial charge in [0.05, 0.1) is 0 Å². The number of hydrogen-bond acceptors (Lipinski definition) is 3. The highest BCUT2D eigenvalue weighted by atomic mass is 19.1. The van der Waals surface area contributed by atoms with Gasteiger partial charge in [0, 0.05) is 24.8 Å². The van der Waals surface area contributed by atoms with Gasteiger partial charge in [0.1, 0.15) is 11.9 Å². The Morgan fingerprint density at radius 3 is 2.58 bits per heavy atom. The second-order valence-electron chi connectivity index (χ2n) is 4.32. The molecule has 1 aromatic rings. The van der Waals surface area contributed by atoms with Crippen LogP contribution in [0.15, 0.2) is 18.2 Å². The predicted molar refractivity (Wildman–Crippen MR) is 71.1 cm³/mol. The van der Waals surface area contributed by atoms with Crippen molar-refractivity contribution in [2.45, 2.75) is 19.9 Å². The highest BCUT2D eigenvalue weighted by Gasteiger charge is 2.19. The minimum Gasteiger partial charge on any atom is -0.399 e. The van der Waals surface area contributed by atoms with E-state index < -0.39 is 17.8 Å². The molecule has 0 fully saturated rings. The van der Waals surface area contributed by atoms with Gasteiger partial charge in [0.15, 0.2) is 0 Å². The average Bonchev–Trinajstić information content (AvgIpc) is 2.35. The second-order valence-corrected chi connectivity index (χ2v) is 4.32. The minimum absolute atomic E-state index is 0.0938. The van der Waals surface area contributed by atoms with E-state index in [0.717, 1.165) is 12.1 Å². The topological polar surface area (TPSA) is 75.4 Å². The molecule has 0 aromatic heterocycles. The van der Waals surface area contributed by atoms with Gasteiger partial charge in [-0.2, -0.15) is 0 Å². The summed E-state index contributed by atoms with van der Waals surface area (Å²) in [5.74, 6) is -1.33. The van der Waals surface area contributed by atoms with Crippen molar-refractivity contribution >= 4 is 17.5 Å². The number of hydrogen-bond donors (Lipinski definition) is 2. The number of nitrogen functional groups attached to an aromatic ring is 1. The molecule has 6 heteroatoms. The van der Waals surface area contributed by atoms with Crippen LogP contribution in [0.4, 0.5) is 10.1 Å². The normalized spacial score (nSPS) is 11.8. The first-order valence-electron chi connectivity index (χ1n) is 5.97. The Bertz CT molecular complexity index is 471. The van der Waals surface area contributed by atoms with E-state index in [1.807, 2.05) is 6.92 Å². The molecule has 0 aliphatic heterocycles. The van der Waals surface area contributed by atoms with E-state index in [9.17, 15) is 14.0 Å². The summed E-state index contributed by atoms with van der Waals surface area (Å²) in [6.45, 7) is 3.96. The van der Waals surface area contributed by atoms with Crippen molar-refractivity contribution in [1.82, 2.24) is 10.2 Å². The smallest absolute Gasteiger partial charge is 0.252 e. The summed E-state index contributed by atoms with van der Waals surface area (Å²) in [4.78, 5) is 25.1. The number of benzene rings is 1. The SMILES string of the molecule is CCN(C)C(=O)C(C)NC(=O)c1cc(N)cc(F)c1. The Hall–Kier alpha value is -2.11. The molecule has 1 rings (SSSR count). The van der Waals surface area contributed by atoms with Gasteiger partial charge in [-0.15, -0.1) is 0 Å². The molecule has 2 amide bonds. The van der Waals surface area contributed by atoms with Gasteiger partial charge in [0.25, 0.3) is 5.91 Å².